The topological polar surface area (TPSA) is 54.0 Å². The minimum Gasteiger partial charge on any atom is -0.380 e. The summed E-state index contributed by atoms with van der Waals surface area (Å²) in [5.41, 5.74) is 6.90. The van der Waals surface area contributed by atoms with E-state index in [0.29, 0.717) is 12.1 Å². The fraction of sp³-hybridized carbons (Fsp3) is 0.182. The third-order valence-electron chi connectivity index (χ3n) is 4.38. The second-order valence-electron chi connectivity index (χ2n) is 6.55. The molecule has 0 unspecified atom stereocenters. The molecule has 1 amide bonds. The summed E-state index contributed by atoms with van der Waals surface area (Å²) in [7, 11) is 0. The number of carbonyl (C=O) groups is 1. The second kappa shape index (κ2) is 7.83. The van der Waals surface area contributed by atoms with E-state index in [9.17, 15) is 4.79 Å². The maximum Gasteiger partial charge on any atom is 0.257 e. The quantitative estimate of drug-likeness (QED) is 0.693. The lowest BCUT2D eigenvalue weighted by molar-refractivity contribution is 0.102. The minimum absolute atomic E-state index is 0.167. The first kappa shape index (κ1) is 17.7. The van der Waals surface area contributed by atoms with Crippen LogP contribution in [0.25, 0.3) is 0 Å². The summed E-state index contributed by atoms with van der Waals surface area (Å²) < 4.78 is 0. The molecule has 0 saturated carbocycles. The molecular formula is C22H23N3O. The molecule has 0 aliphatic carbocycles. The lowest BCUT2D eigenvalue weighted by Crippen LogP contribution is -2.13. The zero-order valence-electron chi connectivity index (χ0n) is 15.3. The summed E-state index contributed by atoms with van der Waals surface area (Å²) >= 11 is 0. The third kappa shape index (κ3) is 4.48. The summed E-state index contributed by atoms with van der Waals surface area (Å²) in [4.78, 5) is 16.7. The number of pyridine rings is 1. The Labute approximate surface area is 154 Å². The van der Waals surface area contributed by atoms with Gasteiger partial charge in [0.25, 0.3) is 5.91 Å². The number of anilines is 2. The standard InChI is InChI=1S/C22H23N3O/c1-15-4-7-18(8-5-15)12-24-21-11-19(13-23-14-21)22(26)25-20-9-6-16(2)17(3)10-20/h4-11,13-14,24H,12H2,1-3H3,(H,25,26). The van der Waals surface area contributed by atoms with E-state index in [1.54, 1.807) is 12.4 Å². The Hall–Kier alpha value is -3.14. The molecule has 1 heterocycles. The van der Waals surface area contributed by atoms with Crippen LogP contribution in [-0.2, 0) is 6.54 Å². The lowest BCUT2D eigenvalue weighted by Gasteiger charge is -2.10. The molecule has 3 aromatic rings. The van der Waals surface area contributed by atoms with Crippen LogP contribution in [0.4, 0.5) is 11.4 Å². The summed E-state index contributed by atoms with van der Waals surface area (Å²) in [6, 6.07) is 16.1. The third-order valence-corrected chi connectivity index (χ3v) is 4.38. The average molecular weight is 345 g/mol. The number of nitrogens with zero attached hydrogens (tertiary/aromatic N) is 1. The highest BCUT2D eigenvalue weighted by Gasteiger charge is 2.08. The number of nitrogens with one attached hydrogen (secondary N) is 2. The predicted octanol–water partition coefficient (Wildman–Crippen LogP) is 4.87. The van der Waals surface area contributed by atoms with E-state index in [4.69, 9.17) is 0 Å². The van der Waals surface area contributed by atoms with E-state index in [-0.39, 0.29) is 5.91 Å². The SMILES string of the molecule is Cc1ccc(CNc2cncc(C(=O)Nc3ccc(C)c(C)c3)c2)cc1. The van der Waals surface area contributed by atoms with Crippen molar-refractivity contribution in [1.82, 2.24) is 4.98 Å². The molecule has 4 heteroatoms. The van der Waals surface area contributed by atoms with E-state index in [1.807, 2.05) is 38.1 Å². The van der Waals surface area contributed by atoms with Gasteiger partial charge < -0.3 is 10.6 Å². The molecule has 1 aromatic heterocycles. The molecule has 4 nitrogen and oxygen atoms in total. The van der Waals surface area contributed by atoms with Crippen molar-refractivity contribution in [2.24, 2.45) is 0 Å². The highest BCUT2D eigenvalue weighted by molar-refractivity contribution is 6.04. The Bertz CT molecular complexity index is 917. The molecule has 2 aromatic carbocycles. The number of aromatic nitrogens is 1. The van der Waals surface area contributed by atoms with E-state index in [0.717, 1.165) is 16.9 Å². The number of hydrogen-bond donors (Lipinski definition) is 2. The molecule has 0 saturated heterocycles. The van der Waals surface area contributed by atoms with Crippen molar-refractivity contribution in [3.63, 3.8) is 0 Å². The van der Waals surface area contributed by atoms with Crippen LogP contribution in [0, 0.1) is 20.8 Å². The highest BCUT2D eigenvalue weighted by Crippen LogP contribution is 2.16. The van der Waals surface area contributed by atoms with Gasteiger partial charge in [0.05, 0.1) is 11.3 Å². The van der Waals surface area contributed by atoms with Crippen molar-refractivity contribution in [2.45, 2.75) is 27.3 Å². The van der Waals surface area contributed by atoms with Crippen LogP contribution in [0.15, 0.2) is 60.9 Å². The van der Waals surface area contributed by atoms with Crippen LogP contribution >= 0.6 is 0 Å². The van der Waals surface area contributed by atoms with E-state index >= 15 is 0 Å². The largest absolute Gasteiger partial charge is 0.380 e. The number of hydrogen-bond acceptors (Lipinski definition) is 3. The van der Waals surface area contributed by atoms with Gasteiger partial charge in [-0.1, -0.05) is 35.9 Å². The monoisotopic (exact) mass is 345 g/mol. The Balaban J connectivity index is 1.66. The molecule has 3 rings (SSSR count). The smallest absolute Gasteiger partial charge is 0.257 e. The van der Waals surface area contributed by atoms with Crippen molar-refractivity contribution in [1.29, 1.82) is 0 Å². The molecular weight excluding hydrogens is 322 g/mol. The lowest BCUT2D eigenvalue weighted by atomic mass is 10.1. The molecule has 0 bridgehead atoms. The molecule has 0 spiro atoms. The summed E-state index contributed by atoms with van der Waals surface area (Å²) in [6.45, 7) is 6.83. The van der Waals surface area contributed by atoms with Gasteiger partial charge in [0, 0.05) is 24.6 Å². The Morgan fingerprint density at radius 3 is 2.38 bits per heavy atom. The Morgan fingerprint density at radius 1 is 0.885 bits per heavy atom. The van der Waals surface area contributed by atoms with E-state index in [2.05, 4.69) is 46.8 Å². The molecule has 0 atom stereocenters. The van der Waals surface area contributed by atoms with Gasteiger partial charge in [-0.25, -0.2) is 0 Å². The summed E-state index contributed by atoms with van der Waals surface area (Å²) in [6.07, 6.45) is 3.30. The molecule has 0 fully saturated rings. The zero-order chi connectivity index (χ0) is 18.5. The maximum absolute atomic E-state index is 12.5. The Morgan fingerprint density at radius 2 is 1.65 bits per heavy atom. The Kier molecular flexibility index (Phi) is 5.32. The number of benzene rings is 2. The van der Waals surface area contributed by atoms with Crippen LogP contribution < -0.4 is 10.6 Å². The first-order valence-electron chi connectivity index (χ1n) is 8.64. The predicted molar refractivity (Wildman–Crippen MR) is 107 cm³/mol. The molecule has 0 aliphatic heterocycles. The summed E-state index contributed by atoms with van der Waals surface area (Å²) in [5.74, 6) is -0.167. The van der Waals surface area contributed by atoms with Crippen molar-refractivity contribution in [3.05, 3.63) is 88.7 Å². The summed E-state index contributed by atoms with van der Waals surface area (Å²) in [5, 5.41) is 6.24. The van der Waals surface area contributed by atoms with E-state index < -0.39 is 0 Å². The van der Waals surface area contributed by atoms with Crippen LogP contribution in [0.5, 0.6) is 0 Å². The van der Waals surface area contributed by atoms with Gasteiger partial charge in [0.15, 0.2) is 0 Å². The normalized spacial score (nSPS) is 10.4. The fourth-order valence-electron chi connectivity index (χ4n) is 2.59. The van der Waals surface area contributed by atoms with Gasteiger partial charge in [-0.05, 0) is 55.7 Å². The van der Waals surface area contributed by atoms with Crippen molar-refractivity contribution in [3.8, 4) is 0 Å². The maximum atomic E-state index is 12.5. The van der Waals surface area contributed by atoms with Crippen molar-refractivity contribution in [2.75, 3.05) is 10.6 Å². The van der Waals surface area contributed by atoms with Crippen molar-refractivity contribution < 1.29 is 4.79 Å². The number of rotatable bonds is 5. The van der Waals surface area contributed by atoms with Gasteiger partial charge in [0.1, 0.15) is 0 Å². The van der Waals surface area contributed by atoms with Crippen LogP contribution in [0.3, 0.4) is 0 Å². The van der Waals surface area contributed by atoms with Gasteiger partial charge in [-0.3, -0.25) is 9.78 Å². The van der Waals surface area contributed by atoms with Crippen LogP contribution in [-0.4, -0.2) is 10.9 Å². The first-order valence-corrected chi connectivity index (χ1v) is 8.64. The van der Waals surface area contributed by atoms with Crippen LogP contribution in [0.1, 0.15) is 32.6 Å². The molecule has 26 heavy (non-hydrogen) atoms. The number of carbonyl (C=O) groups excluding carboxylic acids is 1. The number of amides is 1. The van der Waals surface area contributed by atoms with E-state index in [1.165, 1.54) is 16.7 Å². The fourth-order valence-corrected chi connectivity index (χ4v) is 2.59. The molecule has 0 aliphatic rings. The number of aryl methyl sites for hydroxylation is 3. The molecule has 132 valence electrons. The first-order chi connectivity index (χ1) is 12.5. The van der Waals surface area contributed by atoms with Gasteiger partial charge in [-0.15, -0.1) is 0 Å². The zero-order valence-corrected chi connectivity index (χ0v) is 15.3. The van der Waals surface area contributed by atoms with Gasteiger partial charge in [0.2, 0.25) is 0 Å². The molecule has 2 N–H and O–H groups in total. The van der Waals surface area contributed by atoms with Gasteiger partial charge >= 0.3 is 0 Å². The van der Waals surface area contributed by atoms with Crippen LogP contribution in [0.2, 0.25) is 0 Å². The second-order valence-corrected chi connectivity index (χ2v) is 6.55. The minimum atomic E-state index is -0.167. The van der Waals surface area contributed by atoms with Gasteiger partial charge in [-0.2, -0.15) is 0 Å². The van der Waals surface area contributed by atoms with Crippen molar-refractivity contribution >= 4 is 17.3 Å². The highest BCUT2D eigenvalue weighted by atomic mass is 16.1. The molecule has 0 radical (unpaired) electrons. The average Bonchev–Trinajstić information content (AvgIpc) is 2.64.